The highest BCUT2D eigenvalue weighted by Gasteiger charge is 2.21. The zero-order chi connectivity index (χ0) is 35.6. The molecule has 0 bridgehead atoms. The Morgan fingerprint density at radius 3 is 2.07 bits per heavy atom. The van der Waals surface area contributed by atoms with Crippen molar-refractivity contribution in [1.82, 2.24) is 4.98 Å². The quantitative estimate of drug-likeness (QED) is 0.173. The Kier molecular flexibility index (Phi) is 6.92. The summed E-state index contributed by atoms with van der Waals surface area (Å²) >= 11 is 0. The van der Waals surface area contributed by atoms with Crippen LogP contribution in [0.4, 0.5) is 17.1 Å². The van der Waals surface area contributed by atoms with Gasteiger partial charge in [0.15, 0.2) is 5.58 Å². The number of nitrogens with zero attached hydrogens (tertiary/aromatic N) is 2. The minimum Gasteiger partial charge on any atom is -0.456 e. The summed E-state index contributed by atoms with van der Waals surface area (Å²) in [4.78, 5) is 7.33. The summed E-state index contributed by atoms with van der Waals surface area (Å²) in [6.45, 7) is 0. The van der Waals surface area contributed by atoms with Crippen molar-refractivity contribution in [2.24, 2.45) is 0 Å². The number of aromatic nitrogens is 1. The van der Waals surface area contributed by atoms with Crippen LogP contribution in [-0.4, -0.2) is 4.98 Å². The maximum Gasteiger partial charge on any atom is 0.227 e. The Balaban J connectivity index is 1.09. The molecule has 5 heteroatoms. The van der Waals surface area contributed by atoms with Crippen LogP contribution in [0.25, 0.3) is 77.6 Å². The van der Waals surface area contributed by atoms with E-state index in [4.69, 9.17) is 18.2 Å². The molecule has 7 aromatic carbocycles. The number of oxazole rings is 1. The molecule has 11 rings (SSSR count). The molecule has 10 aromatic rings. The molecule has 1 aliphatic carbocycles. The van der Waals surface area contributed by atoms with E-state index in [1.165, 1.54) is 5.56 Å². The second-order valence-corrected chi connectivity index (χ2v) is 13.9. The highest BCUT2D eigenvalue weighted by molar-refractivity contribution is 6.17. The summed E-state index contributed by atoms with van der Waals surface area (Å²) in [6.07, 6.45) is 9.78. The van der Waals surface area contributed by atoms with Crippen LogP contribution in [0.15, 0.2) is 189 Å². The minimum atomic E-state index is 0.366. The summed E-state index contributed by atoms with van der Waals surface area (Å²) in [5, 5.41) is 4.15. The van der Waals surface area contributed by atoms with E-state index in [9.17, 15) is 0 Å². The average molecular weight is 697 g/mol. The first kappa shape index (κ1) is 30.5. The fourth-order valence-corrected chi connectivity index (χ4v) is 8.06. The van der Waals surface area contributed by atoms with Crippen LogP contribution < -0.4 is 4.90 Å². The van der Waals surface area contributed by atoms with Gasteiger partial charge in [0, 0.05) is 44.7 Å². The van der Waals surface area contributed by atoms with Crippen LogP contribution in [0.1, 0.15) is 17.9 Å². The van der Waals surface area contributed by atoms with E-state index in [0.717, 1.165) is 95.2 Å². The summed E-state index contributed by atoms with van der Waals surface area (Å²) < 4.78 is 19.0. The molecule has 0 spiro atoms. The topological polar surface area (TPSA) is 55.6 Å². The molecule has 0 aliphatic heterocycles. The lowest BCUT2D eigenvalue weighted by molar-refractivity contribution is 0.619. The first-order chi connectivity index (χ1) is 26.7. The third-order valence-electron chi connectivity index (χ3n) is 10.6. The number of hydrogen-bond donors (Lipinski definition) is 0. The van der Waals surface area contributed by atoms with Gasteiger partial charge < -0.3 is 18.2 Å². The van der Waals surface area contributed by atoms with Gasteiger partial charge in [0.05, 0.1) is 5.39 Å². The Labute approximate surface area is 310 Å². The van der Waals surface area contributed by atoms with E-state index in [1.54, 1.807) is 0 Å². The van der Waals surface area contributed by atoms with E-state index in [2.05, 4.69) is 120 Å². The largest absolute Gasteiger partial charge is 0.456 e. The SMILES string of the molecule is C1=CCC(c2ccc(N(c3cccc(-c4cccc5oc6ccccc6c45)c3)c3ccc4oc5ccc6oc(-c7ccccc7)nc6c5c4c3)cc2)C=C1. The smallest absolute Gasteiger partial charge is 0.227 e. The number of para-hydroxylation sites is 1. The third-order valence-corrected chi connectivity index (χ3v) is 10.6. The number of allylic oxidation sites excluding steroid dienone is 4. The van der Waals surface area contributed by atoms with E-state index < -0.39 is 0 Å². The number of benzene rings is 7. The Hall–Kier alpha value is -7.11. The molecular weight excluding hydrogens is 665 g/mol. The van der Waals surface area contributed by atoms with Crippen LogP contribution in [0.2, 0.25) is 0 Å². The van der Waals surface area contributed by atoms with Crippen LogP contribution in [0, 0.1) is 0 Å². The van der Waals surface area contributed by atoms with Gasteiger partial charge in [0.1, 0.15) is 27.8 Å². The lowest BCUT2D eigenvalue weighted by atomic mass is 9.92. The molecule has 1 unspecified atom stereocenters. The summed E-state index contributed by atoms with van der Waals surface area (Å²) in [7, 11) is 0. The maximum absolute atomic E-state index is 6.43. The van der Waals surface area contributed by atoms with Gasteiger partial charge in [-0.1, -0.05) is 97.1 Å². The Morgan fingerprint density at radius 2 is 1.20 bits per heavy atom. The molecule has 0 amide bonds. The monoisotopic (exact) mass is 696 g/mol. The van der Waals surface area contributed by atoms with Crippen molar-refractivity contribution in [1.29, 1.82) is 0 Å². The van der Waals surface area contributed by atoms with Gasteiger partial charge in [0.2, 0.25) is 5.89 Å². The van der Waals surface area contributed by atoms with E-state index in [0.29, 0.717) is 11.8 Å². The molecule has 256 valence electrons. The van der Waals surface area contributed by atoms with Crippen molar-refractivity contribution >= 4 is 72.0 Å². The Bertz CT molecular complexity index is 3090. The first-order valence-electron chi connectivity index (χ1n) is 18.3. The van der Waals surface area contributed by atoms with E-state index >= 15 is 0 Å². The predicted molar refractivity (Wildman–Crippen MR) is 220 cm³/mol. The van der Waals surface area contributed by atoms with Crippen LogP contribution in [0.5, 0.6) is 0 Å². The molecule has 0 radical (unpaired) electrons. The molecule has 0 fully saturated rings. The Morgan fingerprint density at radius 1 is 0.500 bits per heavy atom. The van der Waals surface area contributed by atoms with Crippen molar-refractivity contribution < 1.29 is 13.3 Å². The summed E-state index contributed by atoms with van der Waals surface area (Å²) in [5.74, 6) is 0.955. The molecular formula is C49H32N2O3. The zero-order valence-corrected chi connectivity index (χ0v) is 29.1. The van der Waals surface area contributed by atoms with Crippen molar-refractivity contribution in [3.63, 3.8) is 0 Å². The highest BCUT2D eigenvalue weighted by atomic mass is 16.4. The molecule has 0 saturated heterocycles. The van der Waals surface area contributed by atoms with Gasteiger partial charge in [-0.15, -0.1) is 0 Å². The summed E-state index contributed by atoms with van der Waals surface area (Å²) in [5.41, 5.74) is 12.4. The van der Waals surface area contributed by atoms with Gasteiger partial charge in [-0.05, 0) is 102 Å². The second-order valence-electron chi connectivity index (χ2n) is 13.9. The maximum atomic E-state index is 6.43. The molecule has 54 heavy (non-hydrogen) atoms. The first-order valence-corrected chi connectivity index (χ1v) is 18.3. The van der Waals surface area contributed by atoms with Gasteiger partial charge in [-0.25, -0.2) is 4.98 Å². The third kappa shape index (κ3) is 4.97. The summed E-state index contributed by atoms with van der Waals surface area (Å²) in [6, 6.07) is 52.7. The number of anilines is 3. The van der Waals surface area contributed by atoms with Crippen molar-refractivity contribution in [3.8, 4) is 22.6 Å². The minimum absolute atomic E-state index is 0.366. The van der Waals surface area contributed by atoms with Gasteiger partial charge in [0.25, 0.3) is 0 Å². The van der Waals surface area contributed by atoms with Crippen LogP contribution in [0.3, 0.4) is 0 Å². The average Bonchev–Trinajstić information content (AvgIpc) is 3.95. The van der Waals surface area contributed by atoms with Crippen molar-refractivity contribution in [2.45, 2.75) is 12.3 Å². The normalized spacial score (nSPS) is 14.3. The standard InChI is InChI=1S/C49H32N2O3/c1-3-11-31(12-4-1)32-21-23-35(24-22-32)51(36-16-9-15-34(29-36)38-18-10-20-43-46(38)39-17-7-8-19-41(39)52-43)37-25-26-42-40(30-37)47-44(53-42)27-28-45-48(47)50-49(54-45)33-13-5-2-6-14-33/h1-11,13-31H,12H2. The van der Waals surface area contributed by atoms with Gasteiger partial charge in [-0.3, -0.25) is 0 Å². The van der Waals surface area contributed by atoms with E-state index in [-0.39, 0.29) is 0 Å². The molecule has 3 heterocycles. The number of rotatable bonds is 6. The van der Waals surface area contributed by atoms with Crippen LogP contribution >= 0.6 is 0 Å². The highest BCUT2D eigenvalue weighted by Crippen LogP contribution is 2.43. The second kappa shape index (κ2) is 12.2. The molecule has 1 aliphatic rings. The van der Waals surface area contributed by atoms with Gasteiger partial charge >= 0.3 is 0 Å². The molecule has 5 nitrogen and oxygen atoms in total. The van der Waals surface area contributed by atoms with E-state index in [1.807, 2.05) is 60.7 Å². The number of hydrogen-bond acceptors (Lipinski definition) is 5. The molecule has 3 aromatic heterocycles. The molecule has 0 N–H and O–H groups in total. The molecule has 0 saturated carbocycles. The molecule has 1 atom stereocenters. The lowest BCUT2D eigenvalue weighted by Crippen LogP contribution is -2.10. The fourth-order valence-electron chi connectivity index (χ4n) is 8.06. The van der Waals surface area contributed by atoms with Crippen molar-refractivity contribution in [2.75, 3.05) is 4.90 Å². The number of furan rings is 2. The predicted octanol–water partition coefficient (Wildman–Crippen LogP) is 14.0. The zero-order valence-electron chi connectivity index (χ0n) is 29.1. The van der Waals surface area contributed by atoms with Crippen LogP contribution in [-0.2, 0) is 0 Å². The van der Waals surface area contributed by atoms with Gasteiger partial charge in [-0.2, -0.15) is 0 Å². The number of fused-ring (bicyclic) bond motifs is 8. The van der Waals surface area contributed by atoms with Crippen molar-refractivity contribution in [3.05, 3.63) is 182 Å². The fraction of sp³-hybridized carbons (Fsp3) is 0.0408. The lowest BCUT2D eigenvalue weighted by Gasteiger charge is -2.27.